The van der Waals surface area contributed by atoms with Crippen molar-refractivity contribution in [2.45, 2.75) is 64.2 Å². The van der Waals surface area contributed by atoms with Crippen molar-refractivity contribution in [2.75, 3.05) is 30.8 Å². The number of halogens is 4. The van der Waals surface area contributed by atoms with Gasteiger partial charge in [0.25, 0.3) is 0 Å². The first-order valence-corrected chi connectivity index (χ1v) is 13.0. The van der Waals surface area contributed by atoms with Crippen molar-refractivity contribution >= 4 is 29.0 Å². The van der Waals surface area contributed by atoms with E-state index in [0.29, 0.717) is 50.5 Å². The summed E-state index contributed by atoms with van der Waals surface area (Å²) < 4.78 is 46.0. The zero-order chi connectivity index (χ0) is 26.6. The van der Waals surface area contributed by atoms with Gasteiger partial charge >= 0.3 is 6.18 Å². The summed E-state index contributed by atoms with van der Waals surface area (Å²) in [6.07, 6.45) is -0.838. The molecule has 5 rings (SSSR count). The van der Waals surface area contributed by atoms with Crippen LogP contribution in [0, 0.1) is 11.3 Å². The van der Waals surface area contributed by atoms with Crippen LogP contribution < -0.4 is 11.1 Å². The largest absolute Gasteiger partial charge is 0.416 e. The molecule has 3 heterocycles. The number of anilines is 2. The van der Waals surface area contributed by atoms with Gasteiger partial charge in [0.05, 0.1) is 23.3 Å². The number of amides is 1. The van der Waals surface area contributed by atoms with E-state index >= 15 is 0 Å². The summed E-state index contributed by atoms with van der Waals surface area (Å²) in [5.74, 6) is 0.568. The number of alkyl halides is 3. The molecule has 1 saturated carbocycles. The maximum atomic E-state index is 13.5. The van der Waals surface area contributed by atoms with E-state index in [1.807, 2.05) is 11.8 Å². The molecule has 1 aliphatic carbocycles. The number of benzene rings is 1. The molecule has 1 spiro atoms. The summed E-state index contributed by atoms with van der Waals surface area (Å²) in [5.41, 5.74) is 6.07. The van der Waals surface area contributed by atoms with E-state index in [-0.39, 0.29) is 28.2 Å². The Morgan fingerprint density at radius 2 is 1.95 bits per heavy atom. The van der Waals surface area contributed by atoms with Crippen molar-refractivity contribution in [3.05, 3.63) is 45.9 Å². The summed E-state index contributed by atoms with van der Waals surface area (Å²) in [6.45, 7) is 5.92. The topological polar surface area (TPSA) is 93.4 Å². The highest BCUT2D eigenvalue weighted by molar-refractivity contribution is 6.28. The Hall–Kier alpha value is -2.59. The van der Waals surface area contributed by atoms with E-state index in [2.05, 4.69) is 15.3 Å². The second kappa shape index (κ2) is 9.31. The lowest BCUT2D eigenvalue weighted by Crippen LogP contribution is -2.40. The van der Waals surface area contributed by atoms with Crippen molar-refractivity contribution in [3.63, 3.8) is 0 Å². The van der Waals surface area contributed by atoms with Gasteiger partial charge in [-0.3, -0.25) is 4.79 Å². The third kappa shape index (κ3) is 4.97. The maximum absolute atomic E-state index is 13.5. The van der Waals surface area contributed by atoms with Crippen LogP contribution in [0.1, 0.15) is 61.9 Å². The molecule has 200 valence electrons. The molecule has 0 radical (unpaired) electrons. The smallest absolute Gasteiger partial charge is 0.399 e. The second-order valence-corrected chi connectivity index (χ2v) is 11.0. The predicted octanol–water partition coefficient (Wildman–Crippen LogP) is 5.17. The Morgan fingerprint density at radius 3 is 2.62 bits per heavy atom. The van der Waals surface area contributed by atoms with Crippen molar-refractivity contribution in [2.24, 2.45) is 11.3 Å². The van der Waals surface area contributed by atoms with Gasteiger partial charge in [0.2, 0.25) is 11.2 Å². The number of hydrogen-bond acceptors (Lipinski definition) is 6. The fourth-order valence-electron chi connectivity index (χ4n) is 5.68. The van der Waals surface area contributed by atoms with Crippen molar-refractivity contribution in [3.8, 4) is 0 Å². The van der Waals surface area contributed by atoms with Gasteiger partial charge in [-0.2, -0.15) is 13.2 Å². The first-order valence-electron chi connectivity index (χ1n) is 12.6. The number of ether oxygens (including phenoxy) is 1. The summed E-state index contributed by atoms with van der Waals surface area (Å²) in [4.78, 5) is 24.1. The van der Waals surface area contributed by atoms with E-state index in [1.54, 1.807) is 6.92 Å². The first-order chi connectivity index (χ1) is 17.4. The lowest BCUT2D eigenvalue weighted by atomic mass is 9.87. The highest BCUT2D eigenvalue weighted by Gasteiger charge is 2.59. The molecule has 2 aromatic rings. The van der Waals surface area contributed by atoms with Crippen LogP contribution in [0.25, 0.3) is 0 Å². The number of fused-ring (bicyclic) bond motifs is 1. The minimum atomic E-state index is -4.53. The van der Waals surface area contributed by atoms with Crippen LogP contribution >= 0.6 is 11.6 Å². The lowest BCUT2D eigenvalue weighted by Gasteiger charge is -2.35. The minimum Gasteiger partial charge on any atom is -0.399 e. The van der Waals surface area contributed by atoms with Crippen molar-refractivity contribution < 1.29 is 22.7 Å². The molecule has 2 atom stereocenters. The molecule has 1 aromatic heterocycles. The maximum Gasteiger partial charge on any atom is 0.416 e. The molecule has 0 bridgehead atoms. The molecule has 2 fully saturated rings. The van der Waals surface area contributed by atoms with Crippen LogP contribution in [0.2, 0.25) is 5.28 Å². The molecular formula is C26H31ClF3N5O2. The van der Waals surface area contributed by atoms with E-state index in [9.17, 15) is 18.0 Å². The van der Waals surface area contributed by atoms with Crippen LogP contribution in [-0.2, 0) is 34.2 Å². The van der Waals surface area contributed by atoms with E-state index in [1.165, 1.54) is 6.07 Å². The summed E-state index contributed by atoms with van der Waals surface area (Å²) >= 11 is 6.24. The van der Waals surface area contributed by atoms with Gasteiger partial charge in [-0.25, -0.2) is 9.97 Å². The normalized spacial score (nSPS) is 22.3. The number of carbonyl (C=O) groups excluding carboxylic acids is 1. The molecule has 11 heteroatoms. The molecule has 1 aromatic carbocycles. The number of nitrogens with one attached hydrogen (secondary N) is 1. The van der Waals surface area contributed by atoms with Crippen molar-refractivity contribution in [1.82, 2.24) is 14.9 Å². The number of rotatable bonds is 5. The quantitative estimate of drug-likeness (QED) is 0.404. The van der Waals surface area contributed by atoms with Gasteiger partial charge in [-0.15, -0.1) is 0 Å². The van der Waals surface area contributed by atoms with Crippen LogP contribution in [0.3, 0.4) is 0 Å². The molecular weight excluding hydrogens is 507 g/mol. The molecule has 1 amide bonds. The second-order valence-electron chi connectivity index (χ2n) is 10.7. The Balaban J connectivity index is 1.43. The number of nitrogens with zero attached hydrogens (tertiary/aromatic N) is 3. The fraction of sp³-hybridized carbons (Fsp3) is 0.577. The van der Waals surface area contributed by atoms with Crippen LogP contribution in [0.15, 0.2) is 18.2 Å². The van der Waals surface area contributed by atoms with Crippen LogP contribution in [-0.4, -0.2) is 40.5 Å². The number of aromatic nitrogens is 2. The SMILES string of the molecule is CC[C@](C)(Nc1nc(Cl)nc2c1CN(C(=O)C1CC13CCOCC3)CC2)c1cc(N)cc(C(F)(F)F)c1. The van der Waals surface area contributed by atoms with Gasteiger partial charge in [-0.1, -0.05) is 6.92 Å². The van der Waals surface area contributed by atoms with Crippen molar-refractivity contribution in [1.29, 1.82) is 0 Å². The van der Waals surface area contributed by atoms with E-state index < -0.39 is 17.3 Å². The molecule has 3 aliphatic rings. The average Bonchev–Trinajstić information content (AvgIpc) is 3.54. The summed E-state index contributed by atoms with van der Waals surface area (Å²) in [5, 5.41) is 3.39. The molecule has 1 saturated heterocycles. The Bertz CT molecular complexity index is 1220. The van der Waals surface area contributed by atoms with E-state index in [0.717, 1.165) is 42.7 Å². The number of carbonyl (C=O) groups is 1. The zero-order valence-electron chi connectivity index (χ0n) is 20.9. The minimum absolute atomic E-state index is 0.0107. The van der Waals surface area contributed by atoms with Gasteiger partial charge in [0.15, 0.2) is 0 Å². The molecule has 1 unspecified atom stereocenters. The van der Waals surface area contributed by atoms with Crippen LogP contribution in [0.4, 0.5) is 24.7 Å². The van der Waals surface area contributed by atoms with Crippen LogP contribution in [0.5, 0.6) is 0 Å². The third-order valence-corrected chi connectivity index (χ3v) is 8.51. The fourth-order valence-corrected chi connectivity index (χ4v) is 5.87. The number of hydrogen-bond donors (Lipinski definition) is 2. The molecule has 2 aliphatic heterocycles. The number of nitrogen functional groups attached to an aromatic ring is 1. The van der Waals surface area contributed by atoms with Gasteiger partial charge in [0, 0.05) is 43.3 Å². The highest BCUT2D eigenvalue weighted by atomic mass is 35.5. The Labute approximate surface area is 218 Å². The molecule has 37 heavy (non-hydrogen) atoms. The highest BCUT2D eigenvalue weighted by Crippen LogP contribution is 2.60. The Kier molecular flexibility index (Phi) is 6.55. The molecule has 7 nitrogen and oxygen atoms in total. The third-order valence-electron chi connectivity index (χ3n) is 8.34. The molecule has 3 N–H and O–H groups in total. The van der Waals surface area contributed by atoms with Gasteiger partial charge in [0.1, 0.15) is 5.82 Å². The zero-order valence-corrected chi connectivity index (χ0v) is 21.7. The lowest BCUT2D eigenvalue weighted by molar-refractivity contribution is -0.137. The standard InChI is InChI=1S/C26H31ClF3N5O2/c1-3-24(2,15-10-16(26(28,29)30)12-17(31)11-15)34-21-18-14-35(7-4-20(18)32-23(27)33-21)22(36)19-13-25(19)5-8-37-9-6-25/h10-12,19H,3-9,13-14,31H2,1-2H3,(H,32,33,34)/t19?,24-/m0/s1. The number of nitrogens with two attached hydrogens (primary N) is 1. The average molecular weight is 538 g/mol. The Morgan fingerprint density at radius 1 is 1.24 bits per heavy atom. The van der Waals surface area contributed by atoms with Gasteiger partial charge < -0.3 is 20.7 Å². The van der Waals surface area contributed by atoms with Gasteiger partial charge in [-0.05, 0) is 73.4 Å². The van der Waals surface area contributed by atoms with E-state index in [4.69, 9.17) is 22.1 Å². The summed E-state index contributed by atoms with van der Waals surface area (Å²) in [6, 6.07) is 3.57. The first kappa shape index (κ1) is 26.0. The summed E-state index contributed by atoms with van der Waals surface area (Å²) in [7, 11) is 0. The predicted molar refractivity (Wildman–Crippen MR) is 134 cm³/mol. The monoisotopic (exact) mass is 537 g/mol.